The third kappa shape index (κ3) is 3.81. The zero-order chi connectivity index (χ0) is 18.6. The van der Waals surface area contributed by atoms with Gasteiger partial charge in [-0.15, -0.1) is 0 Å². The standard InChI is InChI=1S/C20H21N5O2/c1-27-18-6-5-15(12-22-18)20-23-16-8-10-25(13-17(16)24-20)19(26)7-4-14-3-2-9-21-11-14/h2-3,5-6,9,11-12H,4,7-8,10,13H2,1H3,(H,23,24). The Labute approximate surface area is 157 Å². The third-order valence-electron chi connectivity index (χ3n) is 4.75. The first kappa shape index (κ1) is 17.2. The van der Waals surface area contributed by atoms with E-state index in [4.69, 9.17) is 4.74 Å². The van der Waals surface area contributed by atoms with E-state index in [9.17, 15) is 4.79 Å². The van der Waals surface area contributed by atoms with E-state index in [1.54, 1.807) is 19.5 Å². The van der Waals surface area contributed by atoms with Crippen molar-refractivity contribution >= 4 is 5.91 Å². The lowest BCUT2D eigenvalue weighted by molar-refractivity contribution is -0.132. The molecule has 0 aliphatic carbocycles. The summed E-state index contributed by atoms with van der Waals surface area (Å²) in [5, 5.41) is 0. The van der Waals surface area contributed by atoms with Gasteiger partial charge < -0.3 is 14.6 Å². The summed E-state index contributed by atoms with van der Waals surface area (Å²) >= 11 is 0. The average molecular weight is 363 g/mol. The number of carbonyl (C=O) groups excluding carboxylic acids is 1. The van der Waals surface area contributed by atoms with Crippen molar-refractivity contribution in [2.45, 2.75) is 25.8 Å². The molecular formula is C20H21N5O2. The number of hydrogen-bond acceptors (Lipinski definition) is 5. The fourth-order valence-corrected chi connectivity index (χ4v) is 3.24. The Bertz CT molecular complexity index is 921. The molecule has 1 amide bonds. The summed E-state index contributed by atoms with van der Waals surface area (Å²) < 4.78 is 5.09. The molecule has 7 heteroatoms. The lowest BCUT2D eigenvalue weighted by atomic mass is 10.1. The number of ether oxygens (including phenoxy) is 1. The summed E-state index contributed by atoms with van der Waals surface area (Å²) in [7, 11) is 1.59. The Morgan fingerprint density at radius 2 is 2.22 bits per heavy atom. The zero-order valence-electron chi connectivity index (χ0n) is 15.2. The number of aryl methyl sites for hydroxylation is 1. The highest BCUT2D eigenvalue weighted by atomic mass is 16.5. The topological polar surface area (TPSA) is 84.0 Å². The monoisotopic (exact) mass is 363 g/mol. The molecule has 0 bridgehead atoms. The first-order chi connectivity index (χ1) is 13.2. The van der Waals surface area contributed by atoms with Crippen LogP contribution in [0.1, 0.15) is 23.4 Å². The molecule has 0 saturated heterocycles. The Morgan fingerprint density at radius 3 is 2.96 bits per heavy atom. The molecule has 138 valence electrons. The molecule has 4 heterocycles. The van der Waals surface area contributed by atoms with Gasteiger partial charge in [0.1, 0.15) is 5.82 Å². The number of H-pyrrole nitrogens is 1. The second-order valence-corrected chi connectivity index (χ2v) is 6.53. The Hall–Kier alpha value is -3.22. The summed E-state index contributed by atoms with van der Waals surface area (Å²) in [6.07, 6.45) is 7.25. The van der Waals surface area contributed by atoms with E-state index in [0.29, 0.717) is 31.8 Å². The number of imidazole rings is 1. The van der Waals surface area contributed by atoms with Crippen LogP contribution in [0.2, 0.25) is 0 Å². The SMILES string of the molecule is COc1ccc(-c2nc3c([nH]2)CN(C(=O)CCc2cccnc2)CC3)cn1. The number of hydrogen-bond donors (Lipinski definition) is 1. The maximum absolute atomic E-state index is 12.6. The molecular weight excluding hydrogens is 342 g/mol. The van der Waals surface area contributed by atoms with Crippen LogP contribution in [0, 0.1) is 0 Å². The molecule has 1 aliphatic heterocycles. The summed E-state index contributed by atoms with van der Waals surface area (Å²) in [6.45, 7) is 1.27. The van der Waals surface area contributed by atoms with Gasteiger partial charge in [-0.05, 0) is 24.1 Å². The van der Waals surface area contributed by atoms with Crippen LogP contribution in [0.3, 0.4) is 0 Å². The van der Waals surface area contributed by atoms with E-state index in [-0.39, 0.29) is 5.91 Å². The van der Waals surface area contributed by atoms with Crippen LogP contribution in [-0.4, -0.2) is 44.4 Å². The van der Waals surface area contributed by atoms with Crippen molar-refractivity contribution in [2.24, 2.45) is 0 Å². The first-order valence-electron chi connectivity index (χ1n) is 8.98. The lowest BCUT2D eigenvalue weighted by Crippen LogP contribution is -2.36. The minimum Gasteiger partial charge on any atom is -0.481 e. The van der Waals surface area contributed by atoms with Crippen LogP contribution in [0.4, 0.5) is 0 Å². The van der Waals surface area contributed by atoms with Crippen LogP contribution in [0.5, 0.6) is 5.88 Å². The van der Waals surface area contributed by atoms with Crippen molar-refractivity contribution in [1.29, 1.82) is 0 Å². The Morgan fingerprint density at radius 1 is 1.30 bits per heavy atom. The van der Waals surface area contributed by atoms with E-state index >= 15 is 0 Å². The Kier molecular flexibility index (Phi) is 4.82. The van der Waals surface area contributed by atoms with Crippen molar-refractivity contribution in [3.05, 3.63) is 59.8 Å². The van der Waals surface area contributed by atoms with Crippen LogP contribution >= 0.6 is 0 Å². The van der Waals surface area contributed by atoms with Gasteiger partial charge in [-0.1, -0.05) is 6.07 Å². The average Bonchev–Trinajstić information content (AvgIpc) is 3.16. The minimum absolute atomic E-state index is 0.159. The van der Waals surface area contributed by atoms with E-state index < -0.39 is 0 Å². The first-order valence-corrected chi connectivity index (χ1v) is 8.98. The molecule has 4 rings (SSSR count). The number of rotatable bonds is 5. The number of nitrogens with zero attached hydrogens (tertiary/aromatic N) is 4. The molecule has 0 radical (unpaired) electrons. The van der Waals surface area contributed by atoms with Crippen LogP contribution in [0.25, 0.3) is 11.4 Å². The van der Waals surface area contributed by atoms with Gasteiger partial charge >= 0.3 is 0 Å². The summed E-state index contributed by atoms with van der Waals surface area (Å²) in [5.41, 5.74) is 4.01. The van der Waals surface area contributed by atoms with Crippen molar-refractivity contribution in [3.8, 4) is 17.3 Å². The predicted molar refractivity (Wildman–Crippen MR) is 100 cm³/mol. The van der Waals surface area contributed by atoms with Gasteiger partial charge in [-0.3, -0.25) is 9.78 Å². The quantitative estimate of drug-likeness (QED) is 0.752. The minimum atomic E-state index is 0.159. The summed E-state index contributed by atoms with van der Waals surface area (Å²) in [4.78, 5) is 30.8. The fourth-order valence-electron chi connectivity index (χ4n) is 3.24. The van der Waals surface area contributed by atoms with Crippen molar-refractivity contribution in [2.75, 3.05) is 13.7 Å². The van der Waals surface area contributed by atoms with Gasteiger partial charge in [0.25, 0.3) is 0 Å². The molecule has 0 saturated carbocycles. The number of amides is 1. The van der Waals surface area contributed by atoms with Gasteiger partial charge in [-0.25, -0.2) is 9.97 Å². The third-order valence-corrected chi connectivity index (χ3v) is 4.75. The number of pyridine rings is 2. The van der Waals surface area contributed by atoms with E-state index in [1.807, 2.05) is 35.4 Å². The molecule has 1 N–H and O–H groups in total. The van der Waals surface area contributed by atoms with Crippen molar-refractivity contribution in [1.82, 2.24) is 24.8 Å². The van der Waals surface area contributed by atoms with E-state index in [0.717, 1.165) is 34.8 Å². The maximum atomic E-state index is 12.6. The largest absolute Gasteiger partial charge is 0.481 e. The zero-order valence-corrected chi connectivity index (χ0v) is 15.2. The number of methoxy groups -OCH3 is 1. The highest BCUT2D eigenvalue weighted by Crippen LogP contribution is 2.23. The van der Waals surface area contributed by atoms with Gasteiger partial charge in [0.15, 0.2) is 0 Å². The van der Waals surface area contributed by atoms with Crippen molar-refractivity contribution < 1.29 is 9.53 Å². The van der Waals surface area contributed by atoms with Gasteiger partial charge in [0, 0.05) is 49.6 Å². The highest BCUT2D eigenvalue weighted by molar-refractivity contribution is 5.76. The maximum Gasteiger partial charge on any atom is 0.223 e. The van der Waals surface area contributed by atoms with Crippen LogP contribution in [-0.2, 0) is 24.2 Å². The smallest absolute Gasteiger partial charge is 0.223 e. The number of aromatic nitrogens is 4. The second-order valence-electron chi connectivity index (χ2n) is 6.53. The molecule has 1 aliphatic rings. The number of carbonyl (C=O) groups is 1. The molecule has 0 fully saturated rings. The molecule has 3 aromatic heterocycles. The molecule has 0 unspecified atom stereocenters. The van der Waals surface area contributed by atoms with Gasteiger partial charge in [-0.2, -0.15) is 0 Å². The molecule has 3 aromatic rings. The fraction of sp³-hybridized carbons (Fsp3) is 0.300. The molecule has 7 nitrogen and oxygen atoms in total. The molecule has 0 spiro atoms. The molecule has 0 aromatic carbocycles. The number of nitrogens with one attached hydrogen (secondary N) is 1. The van der Waals surface area contributed by atoms with Crippen LogP contribution in [0.15, 0.2) is 42.9 Å². The van der Waals surface area contributed by atoms with Crippen LogP contribution < -0.4 is 4.74 Å². The second kappa shape index (κ2) is 7.57. The Balaban J connectivity index is 1.42. The normalized spacial score (nSPS) is 13.3. The number of fused-ring (bicyclic) bond motifs is 1. The van der Waals surface area contributed by atoms with E-state index in [2.05, 4.69) is 19.9 Å². The summed E-state index contributed by atoms with van der Waals surface area (Å²) in [6, 6.07) is 7.63. The summed E-state index contributed by atoms with van der Waals surface area (Å²) in [5.74, 6) is 1.51. The predicted octanol–water partition coefficient (Wildman–Crippen LogP) is 2.39. The molecule has 0 atom stereocenters. The lowest BCUT2D eigenvalue weighted by Gasteiger charge is -2.26. The van der Waals surface area contributed by atoms with Gasteiger partial charge in [0.2, 0.25) is 11.8 Å². The van der Waals surface area contributed by atoms with Gasteiger partial charge in [0.05, 0.1) is 25.0 Å². The van der Waals surface area contributed by atoms with Crippen molar-refractivity contribution in [3.63, 3.8) is 0 Å². The number of aromatic amines is 1. The molecule has 27 heavy (non-hydrogen) atoms. The van der Waals surface area contributed by atoms with E-state index in [1.165, 1.54) is 0 Å². The highest BCUT2D eigenvalue weighted by Gasteiger charge is 2.23.